The maximum Gasteiger partial charge on any atom is 0.262 e. The van der Waals surface area contributed by atoms with Gasteiger partial charge in [0.15, 0.2) is 0 Å². The zero-order valence-electron chi connectivity index (χ0n) is 23.7. The fourth-order valence-corrected chi connectivity index (χ4v) is 8.55. The Balaban J connectivity index is 1.26. The molecule has 1 unspecified atom stereocenters. The highest BCUT2D eigenvalue weighted by Gasteiger charge is 2.50. The molecule has 0 aliphatic carbocycles. The van der Waals surface area contributed by atoms with Crippen LogP contribution in [0.5, 0.6) is 0 Å². The predicted molar refractivity (Wildman–Crippen MR) is 166 cm³/mol. The molecule has 2 bridgehead atoms. The number of hydrogen-bond acceptors (Lipinski definition) is 7. The summed E-state index contributed by atoms with van der Waals surface area (Å²) in [5, 5.41) is 14.0. The molecule has 2 aliphatic rings. The molecule has 1 aromatic heterocycles. The number of benzene rings is 2. The van der Waals surface area contributed by atoms with Crippen LogP contribution < -0.4 is 10.0 Å². The molecule has 3 heterocycles. The van der Waals surface area contributed by atoms with Gasteiger partial charge in [-0.3, -0.25) is 14.4 Å². The normalized spacial score (nSPS) is 20.0. The third kappa shape index (κ3) is 6.40. The highest BCUT2D eigenvalue weighted by molar-refractivity contribution is 7.89. The first-order chi connectivity index (χ1) is 20.2. The van der Waals surface area contributed by atoms with Crippen LogP contribution in [0.2, 0.25) is 10.0 Å². The topological polar surface area (TPSA) is 136 Å². The third-order valence-corrected chi connectivity index (χ3v) is 11.1. The predicted octanol–water partition coefficient (Wildman–Crippen LogP) is 3.50. The van der Waals surface area contributed by atoms with Crippen LogP contribution in [-0.4, -0.2) is 84.9 Å². The number of piperazine rings is 1. The molecule has 0 spiro atoms. The van der Waals surface area contributed by atoms with Crippen LogP contribution in [0.4, 0.5) is 0 Å². The summed E-state index contributed by atoms with van der Waals surface area (Å²) in [5.41, 5.74) is -0.593. The quantitative estimate of drug-likeness (QED) is 0.337. The lowest BCUT2D eigenvalue weighted by Crippen LogP contribution is -2.60. The van der Waals surface area contributed by atoms with Gasteiger partial charge < -0.3 is 20.2 Å². The Bertz CT molecular complexity index is 1660. The molecule has 2 aliphatic heterocycles. The van der Waals surface area contributed by atoms with E-state index < -0.39 is 40.0 Å². The molecule has 14 heteroatoms. The molecule has 3 amide bonds. The van der Waals surface area contributed by atoms with Crippen molar-refractivity contribution < 1.29 is 27.9 Å². The Morgan fingerprint density at radius 2 is 1.67 bits per heavy atom. The average molecular weight is 668 g/mol. The number of sulfonamides is 1. The van der Waals surface area contributed by atoms with E-state index in [1.165, 1.54) is 34.4 Å². The minimum absolute atomic E-state index is 0.119. The Kier molecular flexibility index (Phi) is 8.83. The van der Waals surface area contributed by atoms with Gasteiger partial charge in [-0.05, 0) is 47.6 Å². The van der Waals surface area contributed by atoms with E-state index in [1.54, 1.807) is 4.90 Å². The molecule has 2 aromatic carbocycles. The standard InChI is InChI=1S/C29H32Cl2N4O6S2/c1-29(2,3)25(32-26(37)23-10-16-6-4-5-7-22(16)42-23)28(39)35-14-18-12-19(35)13-34(18)27(38)21(15-36)33-43(40,41)24-9-8-17(30)11-20(24)31/h4-11,18-19,21,25,33,36H,12-15H2,1-3H3,(H,32,37)/t18-,19-,21-,25?/m0/s1. The van der Waals surface area contributed by atoms with Crippen molar-refractivity contribution in [2.45, 2.75) is 56.3 Å². The van der Waals surface area contributed by atoms with Crippen molar-refractivity contribution in [1.82, 2.24) is 19.8 Å². The summed E-state index contributed by atoms with van der Waals surface area (Å²) in [4.78, 5) is 43.9. The van der Waals surface area contributed by atoms with Crippen LogP contribution in [0.15, 0.2) is 53.4 Å². The van der Waals surface area contributed by atoms with Crippen LogP contribution in [0.1, 0.15) is 36.9 Å². The van der Waals surface area contributed by atoms with Crippen molar-refractivity contribution in [1.29, 1.82) is 0 Å². The molecule has 2 fully saturated rings. The highest BCUT2D eigenvalue weighted by atomic mass is 35.5. The van der Waals surface area contributed by atoms with Gasteiger partial charge in [-0.1, -0.05) is 62.2 Å². The van der Waals surface area contributed by atoms with Crippen molar-refractivity contribution in [2.75, 3.05) is 19.7 Å². The van der Waals surface area contributed by atoms with E-state index in [2.05, 4.69) is 10.0 Å². The summed E-state index contributed by atoms with van der Waals surface area (Å²) >= 11 is 13.3. The van der Waals surface area contributed by atoms with E-state index in [-0.39, 0.29) is 51.9 Å². The first-order valence-corrected chi connectivity index (χ1v) is 16.7. The van der Waals surface area contributed by atoms with E-state index >= 15 is 0 Å². The zero-order chi connectivity index (χ0) is 31.3. The van der Waals surface area contributed by atoms with Crippen molar-refractivity contribution in [3.8, 4) is 0 Å². The monoisotopic (exact) mass is 666 g/mol. The van der Waals surface area contributed by atoms with Crippen LogP contribution in [0, 0.1) is 5.41 Å². The maximum atomic E-state index is 13.8. The number of aliphatic hydroxyl groups is 1. The van der Waals surface area contributed by atoms with Gasteiger partial charge >= 0.3 is 0 Å². The van der Waals surface area contributed by atoms with Crippen molar-refractivity contribution in [3.05, 3.63) is 63.5 Å². The second kappa shape index (κ2) is 12.0. The number of nitrogens with zero attached hydrogens (tertiary/aromatic N) is 2. The number of aliphatic hydroxyl groups excluding tert-OH is 1. The molecule has 5 rings (SSSR count). The number of rotatable bonds is 8. The number of thiophene rings is 1. The SMILES string of the molecule is CC(C)(C)C(NC(=O)c1cc2ccccc2s1)C(=O)N1C[C@@H]2C[C@H]1CN2C(=O)[C@H](CO)NS(=O)(=O)c1ccc(Cl)cc1Cl. The Morgan fingerprint density at radius 1 is 1.02 bits per heavy atom. The van der Waals surface area contributed by atoms with Crippen molar-refractivity contribution >= 4 is 72.4 Å². The van der Waals surface area contributed by atoms with Gasteiger partial charge in [0.1, 0.15) is 17.0 Å². The molecule has 0 saturated carbocycles. The van der Waals surface area contributed by atoms with E-state index in [1.807, 2.05) is 51.1 Å². The number of likely N-dealkylation sites (tertiary alicyclic amines) is 2. The van der Waals surface area contributed by atoms with E-state index in [9.17, 15) is 27.9 Å². The summed E-state index contributed by atoms with van der Waals surface area (Å²) in [5.74, 6) is -1.16. The average Bonchev–Trinajstić information content (AvgIpc) is 3.67. The molecular weight excluding hydrogens is 635 g/mol. The molecule has 4 atom stereocenters. The molecule has 2 saturated heterocycles. The second-order valence-electron chi connectivity index (χ2n) is 11.9. The van der Waals surface area contributed by atoms with Crippen molar-refractivity contribution in [3.63, 3.8) is 0 Å². The van der Waals surface area contributed by atoms with Crippen LogP contribution >= 0.6 is 34.5 Å². The van der Waals surface area contributed by atoms with E-state index in [4.69, 9.17) is 23.2 Å². The number of fused-ring (bicyclic) bond motifs is 3. The number of carbonyl (C=O) groups excluding carboxylic acids is 3. The van der Waals surface area contributed by atoms with Crippen LogP contribution in [0.25, 0.3) is 10.1 Å². The zero-order valence-corrected chi connectivity index (χ0v) is 26.9. The van der Waals surface area contributed by atoms with Crippen LogP contribution in [-0.2, 0) is 19.6 Å². The van der Waals surface area contributed by atoms with Gasteiger partial charge in [0.2, 0.25) is 21.8 Å². The fourth-order valence-electron chi connectivity index (χ4n) is 5.63. The summed E-state index contributed by atoms with van der Waals surface area (Å²) in [6.45, 7) is 5.29. The summed E-state index contributed by atoms with van der Waals surface area (Å²) in [7, 11) is -4.25. The van der Waals surface area contributed by atoms with Crippen LogP contribution in [0.3, 0.4) is 0 Å². The molecule has 230 valence electrons. The van der Waals surface area contributed by atoms with Gasteiger partial charge in [-0.15, -0.1) is 11.3 Å². The fraction of sp³-hybridized carbons (Fsp3) is 0.414. The molecule has 10 nitrogen and oxygen atoms in total. The molecule has 0 radical (unpaired) electrons. The van der Waals surface area contributed by atoms with Gasteiger partial charge in [-0.25, -0.2) is 8.42 Å². The summed E-state index contributed by atoms with van der Waals surface area (Å²) in [6.07, 6.45) is 0.506. The Labute approximate surface area is 264 Å². The van der Waals surface area contributed by atoms with Gasteiger partial charge in [0, 0.05) is 22.8 Å². The second-order valence-corrected chi connectivity index (χ2v) is 15.5. The summed E-state index contributed by atoms with van der Waals surface area (Å²) < 4.78 is 29.1. The maximum absolute atomic E-state index is 13.8. The molecular formula is C29H32Cl2N4O6S2. The number of amides is 3. The lowest BCUT2D eigenvalue weighted by molar-refractivity contribution is -0.143. The molecule has 3 aromatic rings. The van der Waals surface area contributed by atoms with Gasteiger partial charge in [0.25, 0.3) is 5.91 Å². The van der Waals surface area contributed by atoms with Crippen molar-refractivity contribution in [2.24, 2.45) is 5.41 Å². The summed E-state index contributed by atoms with van der Waals surface area (Å²) in [6, 6.07) is 10.4. The first-order valence-electron chi connectivity index (χ1n) is 13.7. The third-order valence-electron chi connectivity index (χ3n) is 7.81. The minimum atomic E-state index is -4.25. The Morgan fingerprint density at radius 3 is 2.26 bits per heavy atom. The van der Waals surface area contributed by atoms with Gasteiger partial charge in [-0.2, -0.15) is 4.72 Å². The lowest BCUT2D eigenvalue weighted by Gasteiger charge is -2.39. The highest BCUT2D eigenvalue weighted by Crippen LogP contribution is 2.34. The largest absolute Gasteiger partial charge is 0.394 e. The Hall–Kier alpha value is -2.74. The smallest absolute Gasteiger partial charge is 0.262 e. The number of hydrogen-bond donors (Lipinski definition) is 3. The number of nitrogens with one attached hydrogen (secondary N) is 2. The number of halogens is 2. The molecule has 3 N–H and O–H groups in total. The van der Waals surface area contributed by atoms with E-state index in [0.29, 0.717) is 11.3 Å². The first kappa shape index (κ1) is 31.7. The van der Waals surface area contributed by atoms with Gasteiger partial charge in [0.05, 0.1) is 28.6 Å². The number of carbonyl (C=O) groups is 3. The molecule has 43 heavy (non-hydrogen) atoms. The lowest BCUT2D eigenvalue weighted by atomic mass is 9.85. The minimum Gasteiger partial charge on any atom is -0.394 e. The van der Waals surface area contributed by atoms with E-state index in [0.717, 1.165) is 10.1 Å².